The van der Waals surface area contributed by atoms with E-state index in [0.29, 0.717) is 17.0 Å². The van der Waals surface area contributed by atoms with Crippen molar-refractivity contribution in [3.8, 4) is 5.75 Å². The number of aryl methyl sites for hydroxylation is 1. The van der Waals surface area contributed by atoms with Crippen molar-refractivity contribution in [3.63, 3.8) is 0 Å². The fraction of sp³-hybridized carbons (Fsp3) is 0.304. The zero-order valence-corrected chi connectivity index (χ0v) is 17.2. The molecule has 0 N–H and O–H groups in total. The summed E-state index contributed by atoms with van der Waals surface area (Å²) in [5.41, 5.74) is -1.42. The number of alkyl halides is 3. The molecule has 1 amide bonds. The van der Waals surface area contributed by atoms with E-state index >= 15 is 0 Å². The monoisotopic (exact) mass is 433 g/mol. The van der Waals surface area contributed by atoms with Crippen LogP contribution >= 0.6 is 0 Å². The van der Waals surface area contributed by atoms with Crippen LogP contribution in [0.1, 0.15) is 24.0 Å². The van der Waals surface area contributed by atoms with Gasteiger partial charge >= 0.3 is 12.1 Å². The first-order valence-corrected chi connectivity index (χ1v) is 9.56. The van der Waals surface area contributed by atoms with Gasteiger partial charge in [0.1, 0.15) is 5.75 Å². The Kier molecular flexibility index (Phi) is 6.10. The van der Waals surface area contributed by atoms with Gasteiger partial charge in [0.15, 0.2) is 5.41 Å². The second kappa shape index (κ2) is 8.45. The van der Waals surface area contributed by atoms with Gasteiger partial charge in [0.2, 0.25) is 5.91 Å². The van der Waals surface area contributed by atoms with Crippen LogP contribution in [0.15, 0.2) is 55.1 Å². The molecule has 0 bridgehead atoms. The standard InChI is InChI=1S/C23H22F3NO4/c1-4-12-22(21(29)31-3)13-11-15-14-16(23(24,25)26)5-10-19(15)27(20(22)28)17-6-8-18(30-2)9-7-17/h4-10,14H,1,11-13H2,2-3H3. The number of rotatable bonds is 5. The predicted octanol–water partition coefficient (Wildman–Crippen LogP) is 5.06. The van der Waals surface area contributed by atoms with Gasteiger partial charge in [0.05, 0.1) is 25.5 Å². The van der Waals surface area contributed by atoms with E-state index in [1.807, 2.05) is 0 Å². The number of anilines is 2. The highest BCUT2D eigenvalue weighted by Crippen LogP contribution is 2.44. The quantitative estimate of drug-likeness (QED) is 0.376. The summed E-state index contributed by atoms with van der Waals surface area (Å²) in [4.78, 5) is 27.8. The summed E-state index contributed by atoms with van der Waals surface area (Å²) in [6.07, 6.45) is -3.02. The molecule has 164 valence electrons. The molecule has 1 unspecified atom stereocenters. The zero-order chi connectivity index (χ0) is 22.8. The maximum absolute atomic E-state index is 13.8. The lowest BCUT2D eigenvalue weighted by molar-refractivity contribution is -0.158. The van der Waals surface area contributed by atoms with Crippen LogP contribution in [-0.2, 0) is 26.9 Å². The smallest absolute Gasteiger partial charge is 0.416 e. The molecule has 0 fully saturated rings. The van der Waals surface area contributed by atoms with Crippen molar-refractivity contribution in [2.24, 2.45) is 5.41 Å². The highest BCUT2D eigenvalue weighted by Gasteiger charge is 2.50. The number of carbonyl (C=O) groups excluding carboxylic acids is 2. The molecule has 1 atom stereocenters. The number of methoxy groups -OCH3 is 2. The van der Waals surface area contributed by atoms with Gasteiger partial charge in [-0.15, -0.1) is 6.58 Å². The van der Waals surface area contributed by atoms with Gasteiger partial charge in [-0.25, -0.2) is 0 Å². The lowest BCUT2D eigenvalue weighted by Gasteiger charge is -2.32. The van der Waals surface area contributed by atoms with Crippen LogP contribution in [0.25, 0.3) is 0 Å². The van der Waals surface area contributed by atoms with Crippen molar-refractivity contribution in [1.29, 1.82) is 0 Å². The summed E-state index contributed by atoms with van der Waals surface area (Å²) in [6, 6.07) is 9.71. The Bertz CT molecular complexity index is 1000. The van der Waals surface area contributed by atoms with E-state index in [1.54, 1.807) is 24.3 Å². The molecule has 0 aromatic heterocycles. The van der Waals surface area contributed by atoms with Crippen LogP contribution in [-0.4, -0.2) is 26.1 Å². The minimum Gasteiger partial charge on any atom is -0.497 e. The Morgan fingerprint density at radius 2 is 1.87 bits per heavy atom. The van der Waals surface area contributed by atoms with Gasteiger partial charge < -0.3 is 9.47 Å². The summed E-state index contributed by atoms with van der Waals surface area (Å²) in [5, 5.41) is 0. The molecule has 5 nitrogen and oxygen atoms in total. The number of allylic oxidation sites excluding steroid dienone is 1. The largest absolute Gasteiger partial charge is 0.497 e. The average molecular weight is 433 g/mol. The Hall–Kier alpha value is -3.29. The molecular weight excluding hydrogens is 411 g/mol. The van der Waals surface area contributed by atoms with E-state index < -0.39 is 29.0 Å². The molecule has 8 heteroatoms. The molecule has 1 aliphatic heterocycles. The molecule has 2 aromatic carbocycles. The number of amides is 1. The van der Waals surface area contributed by atoms with Gasteiger partial charge in [-0.3, -0.25) is 14.5 Å². The van der Waals surface area contributed by atoms with Crippen molar-refractivity contribution in [2.75, 3.05) is 19.1 Å². The number of nitrogens with zero attached hydrogens (tertiary/aromatic N) is 1. The Morgan fingerprint density at radius 1 is 1.19 bits per heavy atom. The lowest BCUT2D eigenvalue weighted by atomic mass is 9.78. The summed E-state index contributed by atoms with van der Waals surface area (Å²) in [5.74, 6) is -0.785. The number of benzene rings is 2. The summed E-state index contributed by atoms with van der Waals surface area (Å²) < 4.78 is 50.0. The summed E-state index contributed by atoms with van der Waals surface area (Å²) in [7, 11) is 2.67. The third kappa shape index (κ3) is 4.02. The fourth-order valence-electron chi connectivity index (χ4n) is 3.85. The van der Waals surface area contributed by atoms with Gasteiger partial charge in [-0.05, 0) is 67.3 Å². The van der Waals surface area contributed by atoms with E-state index in [9.17, 15) is 22.8 Å². The second-order valence-electron chi connectivity index (χ2n) is 7.25. The number of carbonyl (C=O) groups is 2. The van der Waals surface area contributed by atoms with E-state index in [4.69, 9.17) is 9.47 Å². The van der Waals surface area contributed by atoms with Crippen molar-refractivity contribution in [2.45, 2.75) is 25.4 Å². The van der Waals surface area contributed by atoms with E-state index in [2.05, 4.69) is 6.58 Å². The van der Waals surface area contributed by atoms with Gasteiger partial charge in [-0.1, -0.05) is 6.08 Å². The van der Waals surface area contributed by atoms with Crippen LogP contribution < -0.4 is 9.64 Å². The number of ether oxygens (including phenoxy) is 2. The van der Waals surface area contributed by atoms with Crippen LogP contribution in [0.5, 0.6) is 5.75 Å². The number of fused-ring (bicyclic) bond motifs is 1. The van der Waals surface area contributed by atoms with Crippen molar-refractivity contribution >= 4 is 23.3 Å². The molecule has 0 saturated heterocycles. The third-order valence-corrected chi connectivity index (χ3v) is 5.48. The van der Waals surface area contributed by atoms with E-state index in [1.165, 1.54) is 31.3 Å². The first-order chi connectivity index (χ1) is 14.7. The van der Waals surface area contributed by atoms with Crippen LogP contribution in [0.3, 0.4) is 0 Å². The van der Waals surface area contributed by atoms with E-state index in [0.717, 1.165) is 12.1 Å². The Morgan fingerprint density at radius 3 is 2.42 bits per heavy atom. The number of esters is 1. The maximum Gasteiger partial charge on any atom is 0.416 e. The van der Waals surface area contributed by atoms with Gasteiger partial charge in [0, 0.05) is 5.69 Å². The Balaban J connectivity index is 2.24. The molecular formula is C23H22F3NO4. The highest BCUT2D eigenvalue weighted by atomic mass is 19.4. The molecule has 3 rings (SSSR count). The SMILES string of the molecule is C=CCC1(C(=O)OC)CCc2cc(C(F)(F)F)ccc2N(c2ccc(OC)cc2)C1=O. The van der Waals surface area contributed by atoms with Crippen molar-refractivity contribution in [1.82, 2.24) is 0 Å². The Labute approximate surface area is 178 Å². The molecule has 1 aliphatic rings. The first kappa shape index (κ1) is 22.4. The predicted molar refractivity (Wildman–Crippen MR) is 109 cm³/mol. The van der Waals surface area contributed by atoms with Crippen LogP contribution in [0.2, 0.25) is 0 Å². The van der Waals surface area contributed by atoms with E-state index in [-0.39, 0.29) is 24.9 Å². The third-order valence-electron chi connectivity index (χ3n) is 5.48. The van der Waals surface area contributed by atoms with Crippen LogP contribution in [0, 0.1) is 5.41 Å². The number of hydrogen-bond donors (Lipinski definition) is 0. The van der Waals surface area contributed by atoms with Crippen molar-refractivity contribution < 1.29 is 32.2 Å². The topological polar surface area (TPSA) is 55.8 Å². The molecule has 0 radical (unpaired) electrons. The molecule has 1 heterocycles. The normalized spacial score (nSPS) is 18.7. The second-order valence-corrected chi connectivity index (χ2v) is 7.25. The summed E-state index contributed by atoms with van der Waals surface area (Å²) >= 11 is 0. The zero-order valence-electron chi connectivity index (χ0n) is 17.2. The summed E-state index contributed by atoms with van der Waals surface area (Å²) in [6.45, 7) is 3.65. The fourth-order valence-corrected chi connectivity index (χ4v) is 3.85. The lowest BCUT2D eigenvalue weighted by Crippen LogP contribution is -2.46. The molecule has 0 saturated carbocycles. The highest BCUT2D eigenvalue weighted by molar-refractivity contribution is 6.14. The number of hydrogen-bond acceptors (Lipinski definition) is 4. The van der Waals surface area contributed by atoms with Crippen molar-refractivity contribution in [3.05, 3.63) is 66.2 Å². The average Bonchev–Trinajstić information content (AvgIpc) is 2.88. The number of halogens is 3. The minimum atomic E-state index is -4.53. The minimum absolute atomic E-state index is 0.00844. The van der Waals surface area contributed by atoms with Gasteiger partial charge in [0.25, 0.3) is 0 Å². The van der Waals surface area contributed by atoms with Gasteiger partial charge in [-0.2, -0.15) is 13.2 Å². The maximum atomic E-state index is 13.8. The first-order valence-electron chi connectivity index (χ1n) is 9.56. The molecule has 31 heavy (non-hydrogen) atoms. The molecule has 0 spiro atoms. The molecule has 2 aromatic rings. The van der Waals surface area contributed by atoms with Crippen LogP contribution in [0.4, 0.5) is 24.5 Å². The molecule has 0 aliphatic carbocycles.